The molecule has 6 heteroatoms. The van der Waals surface area contributed by atoms with E-state index in [9.17, 15) is 9.59 Å². The van der Waals surface area contributed by atoms with Crippen LogP contribution in [0.15, 0.2) is 42.5 Å². The lowest BCUT2D eigenvalue weighted by atomic mass is 10.0. The number of carbonyl (C=O) groups excluding carboxylic acids is 2. The molecular formula is C16H13Cl2NO3. The van der Waals surface area contributed by atoms with Gasteiger partial charge in [-0.25, -0.2) is 0 Å². The first-order valence-corrected chi connectivity index (χ1v) is 7.20. The van der Waals surface area contributed by atoms with Gasteiger partial charge >= 0.3 is 0 Å². The highest BCUT2D eigenvalue weighted by Gasteiger charge is 2.18. The van der Waals surface area contributed by atoms with Gasteiger partial charge in [0, 0.05) is 29.3 Å². The van der Waals surface area contributed by atoms with E-state index in [4.69, 9.17) is 27.9 Å². The van der Waals surface area contributed by atoms with Gasteiger partial charge in [-0.1, -0.05) is 47.5 Å². The summed E-state index contributed by atoms with van der Waals surface area (Å²) in [6.45, 7) is 0.0962. The van der Waals surface area contributed by atoms with E-state index in [1.54, 1.807) is 42.5 Å². The van der Waals surface area contributed by atoms with Gasteiger partial charge < -0.3 is 10.1 Å². The van der Waals surface area contributed by atoms with E-state index in [0.717, 1.165) is 0 Å². The van der Waals surface area contributed by atoms with E-state index < -0.39 is 11.7 Å². The molecule has 2 aromatic rings. The normalized spacial score (nSPS) is 10.1. The average molecular weight is 338 g/mol. The number of hydrogen-bond acceptors (Lipinski definition) is 3. The summed E-state index contributed by atoms with van der Waals surface area (Å²) in [5, 5.41) is 3.22. The molecule has 22 heavy (non-hydrogen) atoms. The van der Waals surface area contributed by atoms with Crippen LogP contribution in [-0.4, -0.2) is 18.7 Å². The molecule has 0 atom stereocenters. The summed E-state index contributed by atoms with van der Waals surface area (Å²) in [5.41, 5.74) is 0.882. The molecule has 1 N–H and O–H groups in total. The molecule has 0 aliphatic heterocycles. The second kappa shape index (κ2) is 7.29. The third-order valence-corrected chi connectivity index (χ3v) is 3.52. The molecule has 4 nitrogen and oxygen atoms in total. The van der Waals surface area contributed by atoms with E-state index in [1.807, 2.05) is 0 Å². The molecule has 0 aliphatic carbocycles. The van der Waals surface area contributed by atoms with Crippen LogP contribution in [0.3, 0.4) is 0 Å². The molecule has 0 heterocycles. The fourth-order valence-corrected chi connectivity index (χ4v) is 2.18. The monoisotopic (exact) mass is 337 g/mol. The zero-order valence-electron chi connectivity index (χ0n) is 11.7. The second-order valence-corrected chi connectivity index (χ2v) is 5.27. The highest BCUT2D eigenvalue weighted by Crippen LogP contribution is 2.28. The van der Waals surface area contributed by atoms with Crippen LogP contribution in [0.1, 0.15) is 15.9 Å². The van der Waals surface area contributed by atoms with Crippen molar-refractivity contribution in [2.24, 2.45) is 0 Å². The Morgan fingerprint density at radius 1 is 1.14 bits per heavy atom. The van der Waals surface area contributed by atoms with Crippen molar-refractivity contribution in [3.8, 4) is 5.75 Å². The van der Waals surface area contributed by atoms with Crippen molar-refractivity contribution < 1.29 is 14.3 Å². The molecule has 1 amide bonds. The topological polar surface area (TPSA) is 55.4 Å². The maximum absolute atomic E-state index is 12.0. The Morgan fingerprint density at radius 2 is 1.86 bits per heavy atom. The summed E-state index contributed by atoms with van der Waals surface area (Å²) in [4.78, 5) is 23.5. The second-order valence-electron chi connectivity index (χ2n) is 4.43. The first-order valence-electron chi connectivity index (χ1n) is 6.45. The minimum Gasteiger partial charge on any atom is -0.487 e. The van der Waals surface area contributed by atoms with E-state index in [1.165, 1.54) is 7.05 Å². The van der Waals surface area contributed by atoms with Gasteiger partial charge in [0.25, 0.3) is 11.7 Å². The van der Waals surface area contributed by atoms with Crippen LogP contribution >= 0.6 is 23.2 Å². The number of hydrogen-bond donors (Lipinski definition) is 1. The van der Waals surface area contributed by atoms with Crippen molar-refractivity contribution in [1.82, 2.24) is 5.32 Å². The number of amides is 1. The van der Waals surface area contributed by atoms with Crippen molar-refractivity contribution >= 4 is 34.9 Å². The van der Waals surface area contributed by atoms with E-state index in [2.05, 4.69) is 5.32 Å². The molecule has 0 unspecified atom stereocenters. The summed E-state index contributed by atoms with van der Waals surface area (Å²) in [5.74, 6) is -0.872. The summed E-state index contributed by atoms with van der Waals surface area (Å²) >= 11 is 11.9. The largest absolute Gasteiger partial charge is 0.487 e. The minimum atomic E-state index is -0.673. The van der Waals surface area contributed by atoms with Crippen LogP contribution in [0.4, 0.5) is 0 Å². The molecule has 0 fully saturated rings. The standard InChI is InChI=1S/C16H13Cl2NO3/c1-19-16(21)15(20)12-5-3-2-4-10(12)9-22-14-8-11(17)6-7-13(14)18/h2-8H,9H2,1H3,(H,19,21). The molecular weight excluding hydrogens is 325 g/mol. The molecule has 0 saturated heterocycles. The van der Waals surface area contributed by atoms with Crippen LogP contribution in [0.5, 0.6) is 5.75 Å². The molecule has 2 aromatic carbocycles. The maximum Gasteiger partial charge on any atom is 0.292 e. The summed E-state index contributed by atoms with van der Waals surface area (Å²) in [6.07, 6.45) is 0. The van der Waals surface area contributed by atoms with E-state index in [0.29, 0.717) is 26.9 Å². The molecule has 0 aliphatic rings. The highest BCUT2D eigenvalue weighted by molar-refractivity contribution is 6.43. The Labute approximate surface area is 138 Å². The van der Waals surface area contributed by atoms with Gasteiger partial charge in [0.05, 0.1) is 5.02 Å². The smallest absolute Gasteiger partial charge is 0.292 e. The fraction of sp³-hybridized carbons (Fsp3) is 0.125. The minimum absolute atomic E-state index is 0.0962. The Balaban J connectivity index is 2.22. The Kier molecular flexibility index (Phi) is 5.41. The number of rotatable bonds is 5. The number of ether oxygens (including phenoxy) is 1. The molecule has 0 bridgehead atoms. The number of likely N-dealkylation sites (N-methyl/N-ethyl adjacent to an activating group) is 1. The Morgan fingerprint density at radius 3 is 2.59 bits per heavy atom. The molecule has 0 spiro atoms. The van der Waals surface area contributed by atoms with Crippen molar-refractivity contribution in [2.75, 3.05) is 7.05 Å². The van der Waals surface area contributed by atoms with Gasteiger partial charge in [-0.3, -0.25) is 9.59 Å². The molecule has 0 aromatic heterocycles. The van der Waals surface area contributed by atoms with Crippen LogP contribution < -0.4 is 10.1 Å². The molecule has 0 radical (unpaired) electrons. The number of Topliss-reactive ketones (excluding diaryl/α,β-unsaturated/α-hetero) is 1. The number of carbonyl (C=O) groups is 2. The van der Waals surface area contributed by atoms with Gasteiger partial charge in [-0.05, 0) is 12.1 Å². The van der Waals surface area contributed by atoms with Crippen molar-refractivity contribution in [2.45, 2.75) is 6.61 Å². The van der Waals surface area contributed by atoms with Crippen LogP contribution in [0.25, 0.3) is 0 Å². The lowest BCUT2D eigenvalue weighted by Gasteiger charge is -2.11. The van der Waals surface area contributed by atoms with Crippen LogP contribution in [-0.2, 0) is 11.4 Å². The van der Waals surface area contributed by atoms with Gasteiger partial charge in [-0.15, -0.1) is 0 Å². The van der Waals surface area contributed by atoms with Crippen molar-refractivity contribution in [1.29, 1.82) is 0 Å². The van der Waals surface area contributed by atoms with E-state index >= 15 is 0 Å². The molecule has 0 saturated carbocycles. The number of ketones is 1. The lowest BCUT2D eigenvalue weighted by Crippen LogP contribution is -2.28. The number of nitrogens with one attached hydrogen (secondary N) is 1. The summed E-state index contributed by atoms with van der Waals surface area (Å²) in [7, 11) is 1.41. The van der Waals surface area contributed by atoms with Gasteiger partial charge in [0.15, 0.2) is 0 Å². The predicted molar refractivity (Wildman–Crippen MR) is 85.6 cm³/mol. The quantitative estimate of drug-likeness (QED) is 0.671. The predicted octanol–water partition coefficient (Wildman–Crippen LogP) is 3.50. The van der Waals surface area contributed by atoms with Gasteiger partial charge in [0.2, 0.25) is 0 Å². The fourth-order valence-electron chi connectivity index (χ4n) is 1.85. The number of benzene rings is 2. The number of halogens is 2. The Bertz CT molecular complexity index is 716. The zero-order valence-corrected chi connectivity index (χ0v) is 13.2. The first-order chi connectivity index (χ1) is 10.5. The molecule has 2 rings (SSSR count). The Hall–Kier alpha value is -2.04. The summed E-state index contributed by atoms with van der Waals surface area (Å²) in [6, 6.07) is 11.6. The van der Waals surface area contributed by atoms with Crippen molar-refractivity contribution in [3.05, 3.63) is 63.6 Å². The third kappa shape index (κ3) is 3.78. The van der Waals surface area contributed by atoms with Crippen molar-refractivity contribution in [3.63, 3.8) is 0 Å². The summed E-state index contributed by atoms with van der Waals surface area (Å²) < 4.78 is 5.61. The highest BCUT2D eigenvalue weighted by atomic mass is 35.5. The first kappa shape index (κ1) is 16.3. The van der Waals surface area contributed by atoms with E-state index in [-0.39, 0.29) is 6.61 Å². The third-order valence-electron chi connectivity index (χ3n) is 2.97. The zero-order chi connectivity index (χ0) is 16.1. The lowest BCUT2D eigenvalue weighted by molar-refractivity contribution is -0.116. The molecule has 114 valence electrons. The maximum atomic E-state index is 12.0. The van der Waals surface area contributed by atoms with Crippen LogP contribution in [0.2, 0.25) is 10.0 Å². The van der Waals surface area contributed by atoms with Crippen LogP contribution in [0, 0.1) is 0 Å². The average Bonchev–Trinajstić information content (AvgIpc) is 2.54. The van der Waals surface area contributed by atoms with Gasteiger partial charge in [0.1, 0.15) is 12.4 Å². The van der Waals surface area contributed by atoms with Gasteiger partial charge in [-0.2, -0.15) is 0 Å². The SMILES string of the molecule is CNC(=O)C(=O)c1ccccc1COc1cc(Cl)ccc1Cl.